The van der Waals surface area contributed by atoms with Crippen LogP contribution in [-0.2, 0) is 11.3 Å². The summed E-state index contributed by atoms with van der Waals surface area (Å²) >= 11 is 0. The van der Waals surface area contributed by atoms with E-state index in [1.807, 2.05) is 6.07 Å². The second-order valence-electron chi connectivity index (χ2n) is 3.51. The van der Waals surface area contributed by atoms with Crippen molar-refractivity contribution in [2.75, 3.05) is 0 Å². The summed E-state index contributed by atoms with van der Waals surface area (Å²) in [5, 5.41) is 11.5. The molecule has 1 N–H and O–H groups in total. The molecular weight excluding hydrogens is 180 g/mol. The van der Waals surface area contributed by atoms with Crippen LogP contribution in [0.15, 0.2) is 23.0 Å². The van der Waals surface area contributed by atoms with Crippen molar-refractivity contribution in [3.05, 3.63) is 24.2 Å². The molecule has 1 aromatic heterocycles. The van der Waals surface area contributed by atoms with E-state index in [1.54, 1.807) is 18.6 Å². The lowest BCUT2D eigenvalue weighted by Crippen LogP contribution is -2.30. The molecule has 0 unspecified atom stereocenters. The first-order valence-corrected chi connectivity index (χ1v) is 4.47. The number of rotatable bonds is 3. The lowest BCUT2D eigenvalue weighted by molar-refractivity contribution is -0.124. The molecule has 72 valence electrons. The first kappa shape index (κ1) is 8.82. The number of nitrogens with zero attached hydrogens (tertiary/aromatic N) is 1. The van der Waals surface area contributed by atoms with Crippen LogP contribution in [0.1, 0.15) is 18.4 Å². The maximum absolute atomic E-state index is 11.5. The van der Waals surface area contributed by atoms with Gasteiger partial charge in [0.1, 0.15) is 5.41 Å². The average molecular weight is 190 g/mol. The zero-order valence-corrected chi connectivity index (χ0v) is 7.62. The molecule has 0 aliphatic heterocycles. The van der Waals surface area contributed by atoms with Crippen LogP contribution in [0.3, 0.4) is 0 Å². The summed E-state index contributed by atoms with van der Waals surface area (Å²) in [6, 6.07) is 3.83. The molecule has 1 heterocycles. The van der Waals surface area contributed by atoms with Gasteiger partial charge in [0, 0.05) is 12.1 Å². The molecule has 0 bridgehead atoms. The Morgan fingerprint density at radius 2 is 2.50 bits per heavy atom. The SMILES string of the molecule is N#CC1(C(=O)NCc2ccoc2)CC1. The molecule has 0 spiro atoms. The van der Waals surface area contributed by atoms with Gasteiger partial charge in [0.05, 0.1) is 18.6 Å². The average Bonchev–Trinajstić information content (AvgIpc) is 2.84. The molecule has 0 aromatic carbocycles. The molecule has 14 heavy (non-hydrogen) atoms. The number of nitriles is 1. The van der Waals surface area contributed by atoms with Gasteiger partial charge in [-0.1, -0.05) is 0 Å². The summed E-state index contributed by atoms with van der Waals surface area (Å²) in [5.41, 5.74) is 0.177. The molecule has 0 saturated heterocycles. The van der Waals surface area contributed by atoms with Crippen molar-refractivity contribution in [1.29, 1.82) is 5.26 Å². The van der Waals surface area contributed by atoms with Gasteiger partial charge >= 0.3 is 0 Å². The number of carbonyl (C=O) groups excluding carboxylic acids is 1. The Bertz CT molecular complexity index is 371. The van der Waals surface area contributed by atoms with Gasteiger partial charge < -0.3 is 9.73 Å². The van der Waals surface area contributed by atoms with Crippen molar-refractivity contribution in [1.82, 2.24) is 5.32 Å². The number of amides is 1. The zero-order valence-electron chi connectivity index (χ0n) is 7.62. The van der Waals surface area contributed by atoms with Gasteiger partial charge in [-0.3, -0.25) is 4.79 Å². The van der Waals surface area contributed by atoms with E-state index in [9.17, 15) is 4.79 Å². The second-order valence-corrected chi connectivity index (χ2v) is 3.51. The summed E-state index contributed by atoms with van der Waals surface area (Å²) < 4.78 is 4.86. The molecule has 0 atom stereocenters. The molecule has 1 aliphatic rings. The third-order valence-corrected chi connectivity index (χ3v) is 2.43. The van der Waals surface area contributed by atoms with Crippen LogP contribution in [0, 0.1) is 16.7 Å². The van der Waals surface area contributed by atoms with Gasteiger partial charge in [0.2, 0.25) is 5.91 Å². The smallest absolute Gasteiger partial charge is 0.240 e. The molecule has 1 saturated carbocycles. The van der Waals surface area contributed by atoms with Crippen molar-refractivity contribution >= 4 is 5.91 Å². The first-order chi connectivity index (χ1) is 6.77. The van der Waals surface area contributed by atoms with Gasteiger partial charge in [-0.2, -0.15) is 5.26 Å². The summed E-state index contributed by atoms with van der Waals surface area (Å²) in [7, 11) is 0. The number of carbonyl (C=O) groups is 1. The Balaban J connectivity index is 1.88. The molecule has 4 nitrogen and oxygen atoms in total. The van der Waals surface area contributed by atoms with Gasteiger partial charge in [0.15, 0.2) is 0 Å². The highest BCUT2D eigenvalue weighted by Crippen LogP contribution is 2.44. The maximum atomic E-state index is 11.5. The highest BCUT2D eigenvalue weighted by molar-refractivity contribution is 5.88. The van der Waals surface area contributed by atoms with E-state index in [2.05, 4.69) is 5.32 Å². The van der Waals surface area contributed by atoms with Crippen LogP contribution in [-0.4, -0.2) is 5.91 Å². The Morgan fingerprint density at radius 3 is 3.00 bits per heavy atom. The summed E-state index contributed by atoms with van der Waals surface area (Å²) in [5.74, 6) is -0.166. The maximum Gasteiger partial charge on any atom is 0.240 e. The third kappa shape index (κ3) is 1.49. The summed E-state index contributed by atoms with van der Waals surface area (Å²) in [6.07, 6.45) is 4.49. The fraction of sp³-hybridized carbons (Fsp3) is 0.400. The van der Waals surface area contributed by atoms with Gasteiger partial charge in [-0.25, -0.2) is 0 Å². The van der Waals surface area contributed by atoms with Gasteiger partial charge in [-0.15, -0.1) is 0 Å². The summed E-state index contributed by atoms with van der Waals surface area (Å²) in [6.45, 7) is 0.429. The van der Waals surface area contributed by atoms with E-state index in [0.717, 1.165) is 5.56 Å². The number of furan rings is 1. The molecular formula is C10H10N2O2. The van der Waals surface area contributed by atoms with Crippen molar-refractivity contribution < 1.29 is 9.21 Å². The van der Waals surface area contributed by atoms with Crippen molar-refractivity contribution in [3.8, 4) is 6.07 Å². The highest BCUT2D eigenvalue weighted by atomic mass is 16.3. The second kappa shape index (κ2) is 3.18. The Morgan fingerprint density at radius 1 is 1.71 bits per heavy atom. The van der Waals surface area contributed by atoms with Crippen LogP contribution in [0.4, 0.5) is 0 Å². The van der Waals surface area contributed by atoms with E-state index in [1.165, 1.54) is 0 Å². The standard InChI is InChI=1S/C10H10N2O2/c11-7-10(2-3-10)9(13)12-5-8-1-4-14-6-8/h1,4,6H,2-3,5H2,(H,12,13). The molecule has 1 aliphatic carbocycles. The van der Waals surface area contributed by atoms with Crippen molar-refractivity contribution in [2.45, 2.75) is 19.4 Å². The lowest BCUT2D eigenvalue weighted by atomic mass is 10.1. The molecule has 1 fully saturated rings. The molecule has 2 rings (SSSR count). The summed E-state index contributed by atoms with van der Waals surface area (Å²) in [4.78, 5) is 11.5. The quantitative estimate of drug-likeness (QED) is 0.778. The monoisotopic (exact) mass is 190 g/mol. The molecule has 4 heteroatoms. The van der Waals surface area contributed by atoms with E-state index in [0.29, 0.717) is 19.4 Å². The van der Waals surface area contributed by atoms with Crippen molar-refractivity contribution in [3.63, 3.8) is 0 Å². The fourth-order valence-corrected chi connectivity index (χ4v) is 1.26. The zero-order chi connectivity index (χ0) is 10.0. The fourth-order valence-electron chi connectivity index (χ4n) is 1.26. The minimum atomic E-state index is -0.732. The van der Waals surface area contributed by atoms with E-state index in [-0.39, 0.29) is 5.91 Å². The Hall–Kier alpha value is -1.76. The number of hydrogen-bond donors (Lipinski definition) is 1. The van der Waals surface area contributed by atoms with Crippen LogP contribution in [0.25, 0.3) is 0 Å². The van der Waals surface area contributed by atoms with Gasteiger partial charge in [0.25, 0.3) is 0 Å². The molecule has 1 amide bonds. The molecule has 1 aromatic rings. The normalized spacial score (nSPS) is 17.1. The van der Waals surface area contributed by atoms with E-state index < -0.39 is 5.41 Å². The van der Waals surface area contributed by atoms with Crippen molar-refractivity contribution in [2.24, 2.45) is 5.41 Å². The third-order valence-electron chi connectivity index (χ3n) is 2.43. The largest absolute Gasteiger partial charge is 0.472 e. The predicted octanol–water partition coefficient (Wildman–Crippen LogP) is 1.20. The van der Waals surface area contributed by atoms with Gasteiger partial charge in [-0.05, 0) is 18.9 Å². The topological polar surface area (TPSA) is 66.0 Å². The number of nitrogens with one attached hydrogen (secondary N) is 1. The molecule has 0 radical (unpaired) electrons. The van der Waals surface area contributed by atoms with E-state index in [4.69, 9.17) is 9.68 Å². The first-order valence-electron chi connectivity index (χ1n) is 4.47. The van der Waals surface area contributed by atoms with Crippen LogP contribution < -0.4 is 5.32 Å². The Labute approximate surface area is 81.5 Å². The number of hydrogen-bond acceptors (Lipinski definition) is 3. The van der Waals surface area contributed by atoms with E-state index >= 15 is 0 Å². The van der Waals surface area contributed by atoms with Crippen LogP contribution in [0.2, 0.25) is 0 Å². The van der Waals surface area contributed by atoms with Crippen LogP contribution >= 0.6 is 0 Å². The van der Waals surface area contributed by atoms with Crippen LogP contribution in [0.5, 0.6) is 0 Å². The lowest BCUT2D eigenvalue weighted by Gasteiger charge is -2.05. The Kier molecular flexibility index (Phi) is 2.01. The minimum Gasteiger partial charge on any atom is -0.472 e. The predicted molar refractivity (Wildman–Crippen MR) is 47.8 cm³/mol. The highest BCUT2D eigenvalue weighted by Gasteiger charge is 2.50. The minimum absolute atomic E-state index is 0.166.